The minimum atomic E-state index is -5.81. The molecule has 0 radical (unpaired) electrons. The van der Waals surface area contributed by atoms with Gasteiger partial charge in [-0.15, -0.1) is 11.8 Å². The molecule has 0 saturated heterocycles. The highest BCUT2D eigenvalue weighted by Crippen LogP contribution is 2.45. The molecule has 0 aromatic carbocycles. The third kappa shape index (κ3) is 3.40. The molecule has 0 fully saturated rings. The minimum absolute atomic E-state index is 0.0206. The Kier molecular flexibility index (Phi) is 4.69. The van der Waals surface area contributed by atoms with Gasteiger partial charge in [0.15, 0.2) is 0 Å². The first-order valence-electron chi connectivity index (χ1n) is 5.48. The van der Waals surface area contributed by atoms with Crippen LogP contribution in [0.3, 0.4) is 0 Å². The molecular weight excluding hydrogens is 321 g/mol. The summed E-state index contributed by atoms with van der Waals surface area (Å²) < 4.78 is 67.0. The number of halogens is 3. The summed E-state index contributed by atoms with van der Waals surface area (Å²) in [4.78, 5) is 11.6. The van der Waals surface area contributed by atoms with Gasteiger partial charge in [0.05, 0.1) is 16.9 Å². The van der Waals surface area contributed by atoms with E-state index in [0.717, 1.165) is 11.8 Å². The zero-order chi connectivity index (χ0) is 15.8. The fourth-order valence-corrected chi connectivity index (χ4v) is 3.15. The lowest BCUT2D eigenvalue weighted by atomic mass is 10.1. The second kappa shape index (κ2) is 5.47. The summed E-state index contributed by atoms with van der Waals surface area (Å²) in [5.74, 6) is -1.38. The predicted octanol–water partition coefficient (Wildman–Crippen LogP) is 2.20. The van der Waals surface area contributed by atoms with Gasteiger partial charge in [-0.2, -0.15) is 21.6 Å². The molecule has 0 amide bonds. The van der Waals surface area contributed by atoms with Crippen LogP contribution >= 0.6 is 11.8 Å². The zero-order valence-electron chi connectivity index (χ0n) is 10.9. The van der Waals surface area contributed by atoms with E-state index in [1.54, 1.807) is 0 Å². The summed E-state index contributed by atoms with van der Waals surface area (Å²) in [6, 6.07) is 0. The van der Waals surface area contributed by atoms with Crippen LogP contribution in [0.4, 0.5) is 13.2 Å². The highest BCUT2D eigenvalue weighted by molar-refractivity contribution is 8.01. The van der Waals surface area contributed by atoms with Crippen LogP contribution in [-0.4, -0.2) is 37.0 Å². The molecule has 0 saturated carbocycles. The van der Waals surface area contributed by atoms with Crippen molar-refractivity contribution in [2.75, 3.05) is 12.4 Å². The van der Waals surface area contributed by atoms with Crippen molar-refractivity contribution >= 4 is 27.8 Å². The fraction of sp³-hybridized carbons (Fsp3) is 0.700. The SMILES string of the molecule is CCOC(=O)C1=C(OS(=O)(=O)C(F)(F)F)C(C)(C)SC1. The van der Waals surface area contributed by atoms with Crippen LogP contribution in [0.15, 0.2) is 11.3 Å². The van der Waals surface area contributed by atoms with Crippen molar-refractivity contribution in [3.8, 4) is 0 Å². The van der Waals surface area contributed by atoms with Crippen molar-refractivity contribution < 1.29 is 35.3 Å². The molecule has 0 unspecified atom stereocenters. The van der Waals surface area contributed by atoms with Crippen LogP contribution in [0.25, 0.3) is 0 Å². The Morgan fingerprint density at radius 2 is 1.95 bits per heavy atom. The second-order valence-corrected chi connectivity index (χ2v) is 7.45. The largest absolute Gasteiger partial charge is 0.534 e. The Labute approximate surface area is 118 Å². The first-order valence-corrected chi connectivity index (χ1v) is 7.87. The highest BCUT2D eigenvalue weighted by Gasteiger charge is 2.52. The smallest absolute Gasteiger partial charge is 0.463 e. The monoisotopic (exact) mass is 334 g/mol. The van der Waals surface area contributed by atoms with Gasteiger partial charge >= 0.3 is 21.6 Å². The average Bonchev–Trinajstić information content (AvgIpc) is 2.53. The maximum Gasteiger partial charge on any atom is 0.534 e. The second-order valence-electron chi connectivity index (χ2n) is 4.31. The van der Waals surface area contributed by atoms with Crippen LogP contribution in [0.1, 0.15) is 20.8 Å². The molecule has 0 bridgehead atoms. The van der Waals surface area contributed by atoms with Crippen molar-refractivity contribution in [2.45, 2.75) is 31.0 Å². The van der Waals surface area contributed by atoms with Gasteiger partial charge in [-0.05, 0) is 20.8 Å². The van der Waals surface area contributed by atoms with Crippen LogP contribution in [0.2, 0.25) is 0 Å². The molecule has 20 heavy (non-hydrogen) atoms. The van der Waals surface area contributed by atoms with E-state index in [2.05, 4.69) is 8.92 Å². The van der Waals surface area contributed by atoms with Crippen molar-refractivity contribution in [2.24, 2.45) is 0 Å². The molecule has 0 aromatic heterocycles. The fourth-order valence-electron chi connectivity index (χ4n) is 1.42. The number of carbonyl (C=O) groups is 1. The Morgan fingerprint density at radius 1 is 1.40 bits per heavy atom. The Morgan fingerprint density at radius 3 is 2.40 bits per heavy atom. The summed E-state index contributed by atoms with van der Waals surface area (Å²) in [6.45, 7) is 4.47. The van der Waals surface area contributed by atoms with Gasteiger partial charge in [-0.25, -0.2) is 4.79 Å². The van der Waals surface area contributed by atoms with E-state index in [1.165, 1.54) is 20.8 Å². The number of alkyl halides is 3. The van der Waals surface area contributed by atoms with Gasteiger partial charge in [0, 0.05) is 5.75 Å². The van der Waals surface area contributed by atoms with Gasteiger partial charge in [0.25, 0.3) is 0 Å². The van der Waals surface area contributed by atoms with Crippen LogP contribution in [0, 0.1) is 0 Å². The van der Waals surface area contributed by atoms with Gasteiger partial charge in [-0.1, -0.05) is 0 Å². The van der Waals surface area contributed by atoms with Crippen LogP contribution in [-0.2, 0) is 23.8 Å². The molecule has 0 atom stereocenters. The molecule has 10 heteroatoms. The topological polar surface area (TPSA) is 69.7 Å². The van der Waals surface area contributed by atoms with Crippen LogP contribution in [0.5, 0.6) is 0 Å². The molecule has 0 aliphatic carbocycles. The number of esters is 1. The predicted molar refractivity (Wildman–Crippen MR) is 66.3 cm³/mol. The van der Waals surface area contributed by atoms with E-state index in [9.17, 15) is 26.4 Å². The van der Waals surface area contributed by atoms with Crippen molar-refractivity contribution in [1.29, 1.82) is 0 Å². The Hall–Kier alpha value is -0.900. The quantitative estimate of drug-likeness (QED) is 0.446. The van der Waals surface area contributed by atoms with E-state index in [-0.39, 0.29) is 17.9 Å². The van der Waals surface area contributed by atoms with Gasteiger partial charge in [0.1, 0.15) is 5.76 Å². The lowest BCUT2D eigenvalue weighted by molar-refractivity contribution is -0.138. The Bertz CT molecular complexity index is 534. The van der Waals surface area contributed by atoms with Crippen LogP contribution < -0.4 is 0 Å². The Balaban J connectivity index is 3.21. The molecule has 5 nitrogen and oxygen atoms in total. The minimum Gasteiger partial charge on any atom is -0.463 e. The molecular formula is C10H13F3O5S2. The van der Waals surface area contributed by atoms with Gasteiger partial charge < -0.3 is 8.92 Å². The number of thioether (sulfide) groups is 1. The standard InChI is InChI=1S/C10H13F3O5S2/c1-4-17-8(14)6-5-19-9(2,3)7(6)18-20(15,16)10(11,12)13/h4-5H2,1-3H3. The first kappa shape index (κ1) is 17.2. The van der Waals surface area contributed by atoms with E-state index in [1.807, 2.05) is 0 Å². The molecule has 1 aliphatic rings. The molecule has 1 rings (SSSR count). The summed E-state index contributed by atoms with van der Waals surface area (Å²) >= 11 is 1.09. The molecule has 1 heterocycles. The summed E-state index contributed by atoms with van der Waals surface area (Å²) in [7, 11) is -5.81. The number of hydrogen-bond acceptors (Lipinski definition) is 6. The zero-order valence-corrected chi connectivity index (χ0v) is 12.5. The third-order valence-electron chi connectivity index (χ3n) is 2.40. The maximum absolute atomic E-state index is 12.4. The highest BCUT2D eigenvalue weighted by atomic mass is 32.2. The average molecular weight is 334 g/mol. The van der Waals surface area contributed by atoms with Gasteiger partial charge in [-0.3, -0.25) is 0 Å². The van der Waals surface area contributed by atoms with E-state index in [4.69, 9.17) is 0 Å². The summed E-state index contributed by atoms with van der Waals surface area (Å²) in [5.41, 5.74) is -5.75. The number of hydrogen-bond donors (Lipinski definition) is 0. The molecule has 1 aliphatic heterocycles. The van der Waals surface area contributed by atoms with Crippen molar-refractivity contribution in [3.05, 3.63) is 11.3 Å². The molecule has 116 valence electrons. The number of ether oxygens (including phenoxy) is 1. The van der Waals surface area contributed by atoms with E-state index in [0.29, 0.717) is 0 Å². The normalized spacial score (nSPS) is 19.1. The van der Waals surface area contributed by atoms with E-state index < -0.39 is 32.1 Å². The lowest BCUT2D eigenvalue weighted by Gasteiger charge is -2.21. The van der Waals surface area contributed by atoms with Gasteiger partial charge in [0.2, 0.25) is 0 Å². The van der Waals surface area contributed by atoms with E-state index >= 15 is 0 Å². The molecule has 0 aromatic rings. The molecule has 0 N–H and O–H groups in total. The lowest BCUT2D eigenvalue weighted by Crippen LogP contribution is -2.30. The van der Waals surface area contributed by atoms with Crippen molar-refractivity contribution in [1.82, 2.24) is 0 Å². The maximum atomic E-state index is 12.4. The van der Waals surface area contributed by atoms with Crippen molar-refractivity contribution in [3.63, 3.8) is 0 Å². The number of rotatable bonds is 4. The molecule has 0 spiro atoms. The summed E-state index contributed by atoms with van der Waals surface area (Å²) in [5, 5.41) is 0. The third-order valence-corrected chi connectivity index (χ3v) is 4.69. The first-order chi connectivity index (χ1) is 8.92. The number of carbonyl (C=O) groups excluding carboxylic acids is 1. The summed E-state index contributed by atoms with van der Waals surface area (Å²) in [6.07, 6.45) is 0.